The van der Waals surface area contributed by atoms with E-state index >= 15 is 0 Å². The maximum absolute atomic E-state index is 13.8. The summed E-state index contributed by atoms with van der Waals surface area (Å²) < 4.78 is 15.8. The van der Waals surface area contributed by atoms with Crippen molar-refractivity contribution in [2.45, 2.75) is 25.2 Å². The lowest BCUT2D eigenvalue weighted by Crippen LogP contribution is -2.39. The summed E-state index contributed by atoms with van der Waals surface area (Å²) in [4.78, 5) is 4.57. The molecule has 2 heterocycles. The number of imidazole rings is 1. The summed E-state index contributed by atoms with van der Waals surface area (Å²) in [6.45, 7) is 4.23. The first kappa shape index (κ1) is 11.7. The van der Waals surface area contributed by atoms with Crippen molar-refractivity contribution >= 4 is 11.0 Å². The maximum atomic E-state index is 13.8. The number of benzene rings is 1. The lowest BCUT2D eigenvalue weighted by molar-refractivity contribution is 0.313. The monoisotopic (exact) mass is 247 g/mol. The molecule has 0 atom stereocenters. The van der Waals surface area contributed by atoms with Gasteiger partial charge in [-0.15, -0.1) is 0 Å². The highest BCUT2D eigenvalue weighted by Crippen LogP contribution is 2.34. The molecule has 0 saturated carbocycles. The average Bonchev–Trinajstić information content (AvgIpc) is 2.70. The molecule has 1 aliphatic heterocycles. The largest absolute Gasteiger partial charge is 0.331 e. The Labute approximate surface area is 106 Å². The van der Waals surface area contributed by atoms with Gasteiger partial charge in [-0.2, -0.15) is 0 Å². The number of piperidine rings is 1. The minimum absolute atomic E-state index is 0.0471. The summed E-state index contributed by atoms with van der Waals surface area (Å²) >= 11 is 0. The molecule has 1 aromatic heterocycles. The zero-order valence-electron chi connectivity index (χ0n) is 10.8. The van der Waals surface area contributed by atoms with Crippen molar-refractivity contribution in [3.05, 3.63) is 29.8 Å². The number of halogens is 1. The lowest BCUT2D eigenvalue weighted by atomic mass is 9.80. The number of aryl methyl sites for hydroxylation is 1. The van der Waals surface area contributed by atoms with Gasteiger partial charge in [0.2, 0.25) is 0 Å². The number of nitrogens with one attached hydrogen (secondary N) is 1. The smallest absolute Gasteiger partial charge is 0.151 e. The number of hydrogen-bond donors (Lipinski definition) is 1. The third-order valence-corrected chi connectivity index (χ3v) is 4.11. The Bertz CT molecular complexity index is 582. The number of hydrogen-bond acceptors (Lipinski definition) is 2. The number of nitrogens with zero attached hydrogens (tertiary/aromatic N) is 2. The Morgan fingerprint density at radius 3 is 2.72 bits per heavy atom. The van der Waals surface area contributed by atoms with Crippen molar-refractivity contribution in [3.63, 3.8) is 0 Å². The van der Waals surface area contributed by atoms with Crippen molar-refractivity contribution in [1.82, 2.24) is 14.9 Å². The molecule has 0 radical (unpaired) electrons. The van der Waals surface area contributed by atoms with Gasteiger partial charge in [0.1, 0.15) is 11.3 Å². The Morgan fingerprint density at radius 2 is 2.06 bits per heavy atom. The van der Waals surface area contributed by atoms with Crippen LogP contribution in [-0.4, -0.2) is 22.6 Å². The van der Waals surface area contributed by atoms with Crippen LogP contribution in [0, 0.1) is 5.82 Å². The van der Waals surface area contributed by atoms with Gasteiger partial charge in [-0.05, 0) is 38.1 Å². The molecule has 0 unspecified atom stereocenters. The molecule has 18 heavy (non-hydrogen) atoms. The van der Waals surface area contributed by atoms with Crippen LogP contribution in [-0.2, 0) is 12.5 Å². The molecule has 4 heteroatoms. The third-order valence-electron chi connectivity index (χ3n) is 4.11. The molecular formula is C14H18FN3. The van der Waals surface area contributed by atoms with Crippen molar-refractivity contribution in [2.75, 3.05) is 13.1 Å². The zero-order valence-corrected chi connectivity index (χ0v) is 10.8. The second kappa shape index (κ2) is 4.05. The van der Waals surface area contributed by atoms with Gasteiger partial charge in [0.05, 0.1) is 5.52 Å². The van der Waals surface area contributed by atoms with E-state index < -0.39 is 0 Å². The van der Waals surface area contributed by atoms with Crippen molar-refractivity contribution in [3.8, 4) is 0 Å². The first-order valence-electron chi connectivity index (χ1n) is 6.44. The highest BCUT2D eigenvalue weighted by molar-refractivity contribution is 5.76. The van der Waals surface area contributed by atoms with Crippen LogP contribution in [0.5, 0.6) is 0 Å². The van der Waals surface area contributed by atoms with Gasteiger partial charge in [-0.25, -0.2) is 9.37 Å². The summed E-state index contributed by atoms with van der Waals surface area (Å²) in [7, 11) is 1.98. The highest BCUT2D eigenvalue weighted by Gasteiger charge is 2.33. The first-order chi connectivity index (χ1) is 8.62. The van der Waals surface area contributed by atoms with Crippen LogP contribution in [0.3, 0.4) is 0 Å². The summed E-state index contributed by atoms with van der Waals surface area (Å²) in [5.41, 5.74) is 1.42. The predicted molar refractivity (Wildman–Crippen MR) is 70.1 cm³/mol. The van der Waals surface area contributed by atoms with Gasteiger partial charge in [-0.3, -0.25) is 0 Å². The molecular weight excluding hydrogens is 229 g/mol. The number of aromatic nitrogens is 2. The minimum atomic E-state index is -0.230. The van der Waals surface area contributed by atoms with E-state index in [9.17, 15) is 4.39 Å². The number of rotatable bonds is 1. The molecule has 0 spiro atoms. The molecule has 3 rings (SSSR count). The highest BCUT2D eigenvalue weighted by atomic mass is 19.1. The van der Waals surface area contributed by atoms with Crippen LogP contribution in [0.1, 0.15) is 25.6 Å². The molecule has 1 fully saturated rings. The van der Waals surface area contributed by atoms with Crippen LogP contribution in [0.4, 0.5) is 4.39 Å². The van der Waals surface area contributed by atoms with E-state index in [4.69, 9.17) is 0 Å². The van der Waals surface area contributed by atoms with E-state index in [0.717, 1.165) is 37.3 Å². The Kier molecular flexibility index (Phi) is 2.63. The van der Waals surface area contributed by atoms with Crippen LogP contribution in [0.2, 0.25) is 0 Å². The third kappa shape index (κ3) is 1.63. The summed E-state index contributed by atoms with van der Waals surface area (Å²) in [6.07, 6.45) is 2.09. The van der Waals surface area contributed by atoms with E-state index in [-0.39, 0.29) is 11.2 Å². The Hall–Kier alpha value is -1.42. The molecule has 0 bridgehead atoms. The molecule has 2 aromatic rings. The molecule has 1 aromatic carbocycles. The van der Waals surface area contributed by atoms with Crippen LogP contribution in [0.15, 0.2) is 18.2 Å². The predicted octanol–water partition coefficient (Wildman–Crippen LogP) is 2.35. The Balaban J connectivity index is 2.17. The normalized spacial score (nSPS) is 19.3. The van der Waals surface area contributed by atoms with E-state index in [1.807, 2.05) is 17.7 Å². The summed E-state index contributed by atoms with van der Waals surface area (Å²) in [5.74, 6) is 0.774. The molecule has 3 nitrogen and oxygen atoms in total. The van der Waals surface area contributed by atoms with Gasteiger partial charge in [-0.1, -0.05) is 13.0 Å². The van der Waals surface area contributed by atoms with Gasteiger partial charge < -0.3 is 9.88 Å². The second-order valence-corrected chi connectivity index (χ2v) is 5.41. The molecule has 0 amide bonds. The average molecular weight is 247 g/mol. The van der Waals surface area contributed by atoms with E-state index in [0.29, 0.717) is 5.52 Å². The first-order valence-corrected chi connectivity index (χ1v) is 6.44. The SMILES string of the molecule is Cn1c(C2(C)CCNCC2)nc2c(F)cccc21. The van der Waals surface area contributed by atoms with Crippen LogP contribution in [0.25, 0.3) is 11.0 Å². The summed E-state index contributed by atoms with van der Waals surface area (Å²) in [5, 5.41) is 3.36. The minimum Gasteiger partial charge on any atom is -0.331 e. The maximum Gasteiger partial charge on any atom is 0.151 e. The van der Waals surface area contributed by atoms with Crippen molar-refractivity contribution in [2.24, 2.45) is 7.05 Å². The second-order valence-electron chi connectivity index (χ2n) is 5.41. The topological polar surface area (TPSA) is 29.9 Å². The molecule has 96 valence electrons. The van der Waals surface area contributed by atoms with Crippen LogP contribution < -0.4 is 5.32 Å². The van der Waals surface area contributed by atoms with E-state index in [2.05, 4.69) is 17.2 Å². The van der Waals surface area contributed by atoms with Gasteiger partial charge >= 0.3 is 0 Å². The number of para-hydroxylation sites is 1. The van der Waals surface area contributed by atoms with Crippen molar-refractivity contribution in [1.29, 1.82) is 0 Å². The van der Waals surface area contributed by atoms with Crippen LogP contribution >= 0.6 is 0 Å². The van der Waals surface area contributed by atoms with Gasteiger partial charge in [0.15, 0.2) is 5.82 Å². The quantitative estimate of drug-likeness (QED) is 0.838. The molecule has 1 N–H and O–H groups in total. The van der Waals surface area contributed by atoms with E-state index in [1.54, 1.807) is 6.07 Å². The van der Waals surface area contributed by atoms with Gasteiger partial charge in [0, 0.05) is 12.5 Å². The fraction of sp³-hybridized carbons (Fsp3) is 0.500. The fourth-order valence-electron chi connectivity index (χ4n) is 2.92. The fourth-order valence-corrected chi connectivity index (χ4v) is 2.92. The van der Waals surface area contributed by atoms with Gasteiger partial charge in [0.25, 0.3) is 0 Å². The lowest BCUT2D eigenvalue weighted by Gasteiger charge is -2.33. The standard InChI is InChI=1S/C14H18FN3/c1-14(6-8-16-9-7-14)13-17-12-10(15)4-3-5-11(12)18(13)2/h3-5,16H,6-9H2,1-2H3. The van der Waals surface area contributed by atoms with E-state index in [1.165, 1.54) is 6.07 Å². The molecule has 1 saturated heterocycles. The Morgan fingerprint density at radius 1 is 1.33 bits per heavy atom. The molecule has 0 aliphatic carbocycles. The number of fused-ring (bicyclic) bond motifs is 1. The zero-order chi connectivity index (χ0) is 12.8. The molecule has 1 aliphatic rings. The van der Waals surface area contributed by atoms with Crippen molar-refractivity contribution < 1.29 is 4.39 Å². The summed E-state index contributed by atoms with van der Waals surface area (Å²) in [6, 6.07) is 5.15.